The Morgan fingerprint density at radius 1 is 1.39 bits per heavy atom. The van der Waals surface area contributed by atoms with Crippen molar-refractivity contribution in [3.8, 4) is 6.07 Å². The molecule has 2 heterocycles. The van der Waals surface area contributed by atoms with Crippen LogP contribution in [0.4, 0.5) is 13.2 Å². The molecule has 1 amide bonds. The zero-order valence-corrected chi connectivity index (χ0v) is 15.4. The number of hydrogen-bond donors (Lipinski definition) is 2. The third-order valence-corrected chi connectivity index (χ3v) is 4.56. The molecule has 0 aromatic carbocycles. The molecule has 8 nitrogen and oxygen atoms in total. The van der Waals surface area contributed by atoms with Crippen LogP contribution in [-0.4, -0.2) is 50.9 Å². The number of aromatic nitrogens is 2. The molecule has 0 radical (unpaired) electrons. The van der Waals surface area contributed by atoms with Crippen molar-refractivity contribution in [3.63, 3.8) is 0 Å². The first-order valence-electron chi connectivity index (χ1n) is 8.81. The highest BCUT2D eigenvalue weighted by atomic mass is 19.4. The van der Waals surface area contributed by atoms with Crippen molar-refractivity contribution in [2.75, 3.05) is 13.1 Å². The van der Waals surface area contributed by atoms with Crippen molar-refractivity contribution in [3.05, 3.63) is 17.0 Å². The number of carbonyl (C=O) groups excluding carboxylic acids is 1. The first-order valence-corrected chi connectivity index (χ1v) is 8.81. The molecular weight excluding hydrogens is 379 g/mol. The van der Waals surface area contributed by atoms with Crippen molar-refractivity contribution in [1.82, 2.24) is 20.0 Å². The van der Waals surface area contributed by atoms with E-state index in [0.717, 1.165) is 31.1 Å². The number of hydrogen-bond acceptors (Lipinski definition) is 5. The highest BCUT2D eigenvalue weighted by molar-refractivity contribution is 5.77. The fourth-order valence-corrected chi connectivity index (χ4v) is 2.99. The third-order valence-electron chi connectivity index (χ3n) is 4.56. The molecule has 1 aromatic heterocycles. The maximum Gasteiger partial charge on any atom is 0.490 e. The number of halogens is 3. The number of alkyl halides is 3. The number of nitriles is 1. The number of aliphatic carboxylic acids is 1. The number of amides is 1. The Hall–Kier alpha value is -2.61. The fourth-order valence-electron chi connectivity index (χ4n) is 2.99. The number of carboxylic acid groups (broad SMARTS) is 1. The summed E-state index contributed by atoms with van der Waals surface area (Å²) in [6, 6.07) is 1.86. The van der Waals surface area contributed by atoms with Gasteiger partial charge in [0.05, 0.1) is 24.0 Å². The van der Waals surface area contributed by atoms with E-state index in [4.69, 9.17) is 15.2 Å². The van der Waals surface area contributed by atoms with Crippen LogP contribution in [0.15, 0.2) is 0 Å². The Morgan fingerprint density at radius 2 is 2.04 bits per heavy atom. The molecule has 11 heteroatoms. The zero-order valence-electron chi connectivity index (χ0n) is 15.4. The predicted molar refractivity (Wildman–Crippen MR) is 90.7 cm³/mol. The summed E-state index contributed by atoms with van der Waals surface area (Å²) < 4.78 is 33.7. The quantitative estimate of drug-likeness (QED) is 0.771. The second-order valence-electron chi connectivity index (χ2n) is 6.84. The Kier molecular flexibility index (Phi) is 7.01. The van der Waals surface area contributed by atoms with Gasteiger partial charge in [-0.1, -0.05) is 0 Å². The van der Waals surface area contributed by atoms with Crippen LogP contribution in [0.5, 0.6) is 0 Å². The molecule has 0 bridgehead atoms. The Labute approximate surface area is 159 Å². The van der Waals surface area contributed by atoms with E-state index < -0.39 is 12.1 Å². The van der Waals surface area contributed by atoms with Gasteiger partial charge in [-0.2, -0.15) is 23.5 Å². The van der Waals surface area contributed by atoms with E-state index in [2.05, 4.69) is 15.3 Å². The topological polar surface area (TPSA) is 111 Å². The Morgan fingerprint density at radius 3 is 2.57 bits per heavy atom. The summed E-state index contributed by atoms with van der Waals surface area (Å²) in [5.74, 6) is -2.08. The van der Waals surface area contributed by atoms with Crippen LogP contribution in [0.25, 0.3) is 0 Å². The Bertz CT molecular complexity index is 765. The third kappa shape index (κ3) is 6.23. The minimum atomic E-state index is -5.08. The maximum absolute atomic E-state index is 11.4. The summed E-state index contributed by atoms with van der Waals surface area (Å²) in [4.78, 5) is 22.8. The molecule has 0 saturated heterocycles. The molecule has 3 rings (SSSR count). The SMILES string of the molecule is Cn1nc(CNC(=O)CC#N)c2c1CN(CC1CC1)CC2.O=C(O)C(F)(F)F. The molecule has 1 aromatic rings. The van der Waals surface area contributed by atoms with Crippen LogP contribution in [0.3, 0.4) is 0 Å². The van der Waals surface area contributed by atoms with Crippen LogP contribution in [0, 0.1) is 17.2 Å². The Balaban J connectivity index is 0.000000345. The van der Waals surface area contributed by atoms with Crippen molar-refractivity contribution in [2.45, 2.75) is 44.9 Å². The molecule has 1 aliphatic carbocycles. The summed E-state index contributed by atoms with van der Waals surface area (Å²) in [6.07, 6.45) is -1.42. The van der Waals surface area contributed by atoms with Gasteiger partial charge in [-0.05, 0) is 25.2 Å². The van der Waals surface area contributed by atoms with Gasteiger partial charge in [-0.25, -0.2) is 4.79 Å². The van der Waals surface area contributed by atoms with Crippen LogP contribution in [0.2, 0.25) is 0 Å². The van der Waals surface area contributed by atoms with E-state index in [1.165, 1.54) is 30.6 Å². The van der Waals surface area contributed by atoms with Crippen molar-refractivity contribution in [1.29, 1.82) is 5.26 Å². The lowest BCUT2D eigenvalue weighted by Gasteiger charge is -2.27. The molecule has 1 saturated carbocycles. The van der Waals surface area contributed by atoms with E-state index in [-0.39, 0.29) is 12.3 Å². The molecule has 28 heavy (non-hydrogen) atoms. The average Bonchev–Trinajstić information content (AvgIpc) is 3.36. The first-order chi connectivity index (χ1) is 13.1. The molecule has 1 fully saturated rings. The molecule has 1 aliphatic heterocycles. The van der Waals surface area contributed by atoms with Gasteiger partial charge in [0.1, 0.15) is 6.42 Å². The first kappa shape index (κ1) is 21.7. The second kappa shape index (κ2) is 9.05. The van der Waals surface area contributed by atoms with Gasteiger partial charge in [0.2, 0.25) is 5.91 Å². The minimum Gasteiger partial charge on any atom is -0.475 e. The number of carboxylic acids is 1. The molecule has 0 unspecified atom stereocenters. The maximum atomic E-state index is 11.4. The van der Waals surface area contributed by atoms with Crippen molar-refractivity contribution < 1.29 is 27.9 Å². The number of fused-ring (bicyclic) bond motifs is 1. The molecule has 0 spiro atoms. The van der Waals surface area contributed by atoms with Gasteiger partial charge in [0.15, 0.2) is 0 Å². The number of nitrogens with one attached hydrogen (secondary N) is 1. The zero-order chi connectivity index (χ0) is 20.9. The van der Waals surface area contributed by atoms with Crippen LogP contribution in [0.1, 0.15) is 36.2 Å². The lowest BCUT2D eigenvalue weighted by Crippen LogP contribution is -2.33. The molecule has 154 valence electrons. The van der Waals surface area contributed by atoms with Crippen LogP contribution >= 0.6 is 0 Å². The molecule has 2 N–H and O–H groups in total. The highest BCUT2D eigenvalue weighted by Gasteiger charge is 2.38. The van der Waals surface area contributed by atoms with E-state index >= 15 is 0 Å². The molecular formula is C17H22F3N5O3. The summed E-state index contributed by atoms with van der Waals surface area (Å²) in [5, 5.41) is 22.9. The van der Waals surface area contributed by atoms with Gasteiger partial charge in [0, 0.05) is 32.2 Å². The average molecular weight is 401 g/mol. The number of nitrogens with zero attached hydrogens (tertiary/aromatic N) is 4. The number of rotatable bonds is 5. The van der Waals surface area contributed by atoms with E-state index in [1.807, 2.05) is 17.8 Å². The lowest BCUT2D eigenvalue weighted by molar-refractivity contribution is -0.192. The molecule has 2 aliphatic rings. The number of aryl methyl sites for hydroxylation is 1. The van der Waals surface area contributed by atoms with Gasteiger partial charge >= 0.3 is 12.1 Å². The van der Waals surface area contributed by atoms with E-state index in [1.54, 1.807) is 0 Å². The molecule has 0 atom stereocenters. The summed E-state index contributed by atoms with van der Waals surface area (Å²) in [6.45, 7) is 3.67. The van der Waals surface area contributed by atoms with Crippen LogP contribution in [-0.2, 0) is 36.1 Å². The van der Waals surface area contributed by atoms with E-state index in [0.29, 0.717) is 6.54 Å². The van der Waals surface area contributed by atoms with Crippen molar-refractivity contribution in [2.24, 2.45) is 13.0 Å². The van der Waals surface area contributed by atoms with E-state index in [9.17, 15) is 18.0 Å². The summed E-state index contributed by atoms with van der Waals surface area (Å²) in [5.41, 5.74) is 3.50. The second-order valence-corrected chi connectivity index (χ2v) is 6.84. The van der Waals surface area contributed by atoms with Gasteiger partial charge < -0.3 is 10.4 Å². The summed E-state index contributed by atoms with van der Waals surface area (Å²) in [7, 11) is 1.97. The lowest BCUT2D eigenvalue weighted by atomic mass is 10.0. The standard InChI is InChI=1S/C15H21N5O.C2HF3O2/c1-19-14-10-20(9-11-2-3-11)7-5-12(14)13(18-19)8-17-15(21)4-6-16;3-2(4,5)1(6)7/h11H,2-5,7-10H2,1H3,(H,17,21);(H,6,7). The summed E-state index contributed by atoms with van der Waals surface area (Å²) >= 11 is 0. The monoisotopic (exact) mass is 401 g/mol. The fraction of sp³-hybridized carbons (Fsp3) is 0.647. The van der Waals surface area contributed by atoms with Crippen molar-refractivity contribution >= 4 is 11.9 Å². The number of carbonyl (C=O) groups is 2. The van der Waals surface area contributed by atoms with Gasteiger partial charge in [0.25, 0.3) is 0 Å². The normalized spacial score (nSPS) is 16.4. The predicted octanol–water partition coefficient (Wildman–Crippen LogP) is 1.35. The smallest absolute Gasteiger partial charge is 0.475 e. The van der Waals surface area contributed by atoms with Crippen LogP contribution < -0.4 is 5.32 Å². The van der Waals surface area contributed by atoms with Gasteiger partial charge in [-0.15, -0.1) is 0 Å². The largest absolute Gasteiger partial charge is 0.490 e. The minimum absolute atomic E-state index is 0.0931. The highest BCUT2D eigenvalue weighted by Crippen LogP contribution is 2.31. The van der Waals surface area contributed by atoms with Gasteiger partial charge in [-0.3, -0.25) is 14.4 Å².